The summed E-state index contributed by atoms with van der Waals surface area (Å²) in [5, 5.41) is 7.29. The van der Waals surface area contributed by atoms with Crippen molar-refractivity contribution in [2.45, 2.75) is 66.2 Å². The lowest BCUT2D eigenvalue weighted by Crippen LogP contribution is -2.11. The van der Waals surface area contributed by atoms with E-state index < -0.39 is 0 Å². The van der Waals surface area contributed by atoms with Crippen LogP contribution in [0.2, 0.25) is 0 Å². The molecule has 0 radical (unpaired) electrons. The van der Waals surface area contributed by atoms with Gasteiger partial charge in [-0.15, -0.1) is 0 Å². The molecule has 3 nitrogen and oxygen atoms in total. The summed E-state index contributed by atoms with van der Waals surface area (Å²) < 4.78 is 5.73. The zero-order valence-corrected chi connectivity index (χ0v) is 25.4. The minimum Gasteiger partial charge on any atom is -0.470 e. The maximum atomic E-state index is 11.4. The highest BCUT2D eigenvalue weighted by molar-refractivity contribution is 6.19. The molecule has 0 bridgehead atoms. The van der Waals surface area contributed by atoms with Crippen LogP contribution in [0.3, 0.4) is 0 Å². The van der Waals surface area contributed by atoms with Gasteiger partial charge >= 0.3 is 0 Å². The molecule has 0 saturated carbocycles. The van der Waals surface area contributed by atoms with Gasteiger partial charge in [0.05, 0.1) is 12.0 Å². The summed E-state index contributed by atoms with van der Waals surface area (Å²) in [5.74, 6) is 0.514. The average Bonchev–Trinajstić information content (AvgIpc) is 2.90. The van der Waals surface area contributed by atoms with Crippen LogP contribution in [-0.2, 0) is 20.4 Å². The van der Waals surface area contributed by atoms with E-state index in [0.717, 1.165) is 22.2 Å². The maximum Gasteiger partial charge on any atom is 0.155 e. The van der Waals surface area contributed by atoms with E-state index in [-0.39, 0.29) is 16.6 Å². The largest absolute Gasteiger partial charge is 0.470 e. The van der Waals surface area contributed by atoms with Crippen LogP contribution < -0.4 is 0 Å². The van der Waals surface area contributed by atoms with Crippen LogP contribution in [0.15, 0.2) is 91.0 Å². The molecule has 0 saturated heterocycles. The van der Waals surface area contributed by atoms with Crippen molar-refractivity contribution in [3.63, 3.8) is 0 Å². The van der Waals surface area contributed by atoms with Gasteiger partial charge in [-0.1, -0.05) is 102 Å². The van der Waals surface area contributed by atoms with E-state index in [9.17, 15) is 4.79 Å². The first kappa shape index (κ1) is 28.3. The third-order valence-corrected chi connectivity index (χ3v) is 7.71. The molecule has 5 rings (SSSR count). The second-order valence-corrected chi connectivity index (χ2v) is 13.0. The zero-order valence-electron chi connectivity index (χ0n) is 25.4. The predicted octanol–water partition coefficient (Wildman–Crippen LogP) is 10.3. The Morgan fingerprint density at radius 1 is 0.707 bits per heavy atom. The van der Waals surface area contributed by atoms with Crippen molar-refractivity contribution < 1.29 is 9.53 Å². The molecule has 0 aliphatic heterocycles. The minimum absolute atomic E-state index is 0.0121. The monoisotopic (exact) mass is 541 g/mol. The molecule has 0 unspecified atom stereocenters. The second kappa shape index (κ2) is 10.6. The van der Waals surface area contributed by atoms with Crippen LogP contribution in [0.25, 0.3) is 49.7 Å². The van der Waals surface area contributed by atoms with Crippen molar-refractivity contribution in [2.24, 2.45) is 0 Å². The first-order valence-electron chi connectivity index (χ1n) is 14.2. The highest BCUT2D eigenvalue weighted by Crippen LogP contribution is 2.38. The number of carbonyl (C=O) groups excluding carboxylic acids is 1. The van der Waals surface area contributed by atoms with Gasteiger partial charge in [-0.05, 0) is 80.4 Å². The maximum absolute atomic E-state index is 11.4. The number of fused-ring (bicyclic) bond motifs is 5. The Kier molecular flexibility index (Phi) is 7.33. The molecule has 0 aliphatic carbocycles. The number of ketones is 1. The fraction of sp³-hybridized carbons (Fsp3) is 0.263. The number of benzene rings is 4. The van der Waals surface area contributed by atoms with E-state index in [0.29, 0.717) is 5.76 Å². The van der Waals surface area contributed by atoms with E-state index in [4.69, 9.17) is 9.72 Å². The van der Waals surface area contributed by atoms with Gasteiger partial charge in [0.1, 0.15) is 5.76 Å². The van der Waals surface area contributed by atoms with Crippen molar-refractivity contribution in [1.82, 2.24) is 4.98 Å². The van der Waals surface area contributed by atoms with Crippen molar-refractivity contribution in [2.75, 3.05) is 0 Å². The standard InChI is InChI=1S/C38H39NO2/c1-24(40)21-25(2)41-20-18-27-22-28(37(3,4)5)12-14-30(27)36-34-16-15-32-31(33(34)17-19-39-36)13-10-26-9-11-29(23-35(26)32)38(6,7)8/h9-23H,1-8H3/b20-18?,25-21-. The lowest BCUT2D eigenvalue weighted by atomic mass is 9.84. The van der Waals surface area contributed by atoms with Gasteiger partial charge in [0.15, 0.2) is 5.78 Å². The number of ether oxygens (including phenoxy) is 1. The number of hydrogen-bond donors (Lipinski definition) is 0. The molecule has 41 heavy (non-hydrogen) atoms. The number of hydrogen-bond acceptors (Lipinski definition) is 3. The molecule has 1 aromatic heterocycles. The summed E-state index contributed by atoms with van der Waals surface area (Å²) in [5.41, 5.74) is 5.61. The van der Waals surface area contributed by atoms with E-state index in [1.165, 1.54) is 51.1 Å². The Morgan fingerprint density at radius 2 is 1.29 bits per heavy atom. The number of nitrogens with zero attached hydrogens (tertiary/aromatic N) is 1. The van der Waals surface area contributed by atoms with Crippen molar-refractivity contribution >= 4 is 44.2 Å². The van der Waals surface area contributed by atoms with Gasteiger partial charge in [0.2, 0.25) is 0 Å². The lowest BCUT2D eigenvalue weighted by Gasteiger charge is -2.21. The smallest absolute Gasteiger partial charge is 0.155 e. The number of aromatic nitrogens is 1. The second-order valence-electron chi connectivity index (χ2n) is 13.0. The number of allylic oxidation sites excluding steroid dienone is 2. The Morgan fingerprint density at radius 3 is 2.00 bits per heavy atom. The molecule has 5 aromatic rings. The van der Waals surface area contributed by atoms with Crippen LogP contribution >= 0.6 is 0 Å². The SMILES string of the molecule is CC(=O)/C=C(/C)OC=Cc1cc(C(C)(C)C)ccc1-c1nccc2c1ccc1c3cc(C(C)(C)C)ccc3ccc21. The zero-order chi connectivity index (χ0) is 29.5. The molecule has 0 fully saturated rings. The van der Waals surface area contributed by atoms with Gasteiger partial charge in [0, 0.05) is 23.2 Å². The fourth-order valence-corrected chi connectivity index (χ4v) is 5.40. The minimum atomic E-state index is -0.0408. The van der Waals surface area contributed by atoms with Crippen LogP contribution in [0, 0.1) is 0 Å². The van der Waals surface area contributed by atoms with Crippen molar-refractivity contribution in [3.8, 4) is 11.3 Å². The normalized spacial score (nSPS) is 13.0. The van der Waals surface area contributed by atoms with Gasteiger partial charge in [0.25, 0.3) is 0 Å². The van der Waals surface area contributed by atoms with Crippen LogP contribution in [0.1, 0.15) is 72.1 Å². The Hall–Kier alpha value is -4.24. The molecule has 3 heteroatoms. The van der Waals surface area contributed by atoms with Crippen molar-refractivity contribution in [3.05, 3.63) is 108 Å². The Balaban J connectivity index is 1.70. The first-order valence-corrected chi connectivity index (χ1v) is 14.2. The first-order chi connectivity index (χ1) is 19.3. The highest BCUT2D eigenvalue weighted by Gasteiger charge is 2.18. The molecule has 0 spiro atoms. The Bertz CT molecular complexity index is 1860. The summed E-state index contributed by atoms with van der Waals surface area (Å²) in [6, 6.07) is 24.4. The molecular weight excluding hydrogens is 502 g/mol. The molecule has 1 heterocycles. The van der Waals surface area contributed by atoms with E-state index in [2.05, 4.69) is 108 Å². The van der Waals surface area contributed by atoms with Crippen LogP contribution in [-0.4, -0.2) is 10.8 Å². The van der Waals surface area contributed by atoms with Crippen LogP contribution in [0.4, 0.5) is 0 Å². The fourth-order valence-electron chi connectivity index (χ4n) is 5.40. The quantitative estimate of drug-likeness (QED) is 0.126. The van der Waals surface area contributed by atoms with E-state index in [1.807, 2.05) is 12.3 Å². The van der Waals surface area contributed by atoms with Crippen molar-refractivity contribution in [1.29, 1.82) is 0 Å². The molecule has 0 aliphatic rings. The van der Waals surface area contributed by atoms with Gasteiger partial charge < -0.3 is 4.74 Å². The van der Waals surface area contributed by atoms with Crippen LogP contribution in [0.5, 0.6) is 0 Å². The van der Waals surface area contributed by atoms with E-state index in [1.54, 1.807) is 13.2 Å². The molecule has 0 atom stereocenters. The predicted molar refractivity (Wildman–Crippen MR) is 174 cm³/mol. The third kappa shape index (κ3) is 5.81. The summed E-state index contributed by atoms with van der Waals surface area (Å²) in [6.07, 6.45) is 7.02. The topological polar surface area (TPSA) is 39.2 Å². The lowest BCUT2D eigenvalue weighted by molar-refractivity contribution is -0.112. The summed E-state index contributed by atoms with van der Waals surface area (Å²) in [6.45, 7) is 16.7. The Labute approximate surface area is 243 Å². The number of pyridine rings is 1. The number of rotatable bonds is 5. The molecule has 4 aromatic carbocycles. The number of carbonyl (C=O) groups is 1. The summed E-state index contributed by atoms with van der Waals surface area (Å²) >= 11 is 0. The summed E-state index contributed by atoms with van der Waals surface area (Å²) in [4.78, 5) is 16.3. The van der Waals surface area contributed by atoms with Gasteiger partial charge in [-0.3, -0.25) is 9.78 Å². The molecule has 208 valence electrons. The third-order valence-electron chi connectivity index (χ3n) is 7.71. The van der Waals surface area contributed by atoms with Gasteiger partial charge in [-0.2, -0.15) is 0 Å². The van der Waals surface area contributed by atoms with E-state index >= 15 is 0 Å². The molecule has 0 N–H and O–H groups in total. The highest BCUT2D eigenvalue weighted by atomic mass is 16.5. The molecule has 0 amide bonds. The summed E-state index contributed by atoms with van der Waals surface area (Å²) in [7, 11) is 0. The average molecular weight is 542 g/mol. The molecular formula is C38H39NO2. The van der Waals surface area contributed by atoms with Gasteiger partial charge in [-0.25, -0.2) is 0 Å².